The zero-order chi connectivity index (χ0) is 23.7. The Morgan fingerprint density at radius 2 is 1.79 bits per heavy atom. The van der Waals surface area contributed by atoms with Crippen LogP contribution in [0.1, 0.15) is 57.4 Å². The molecule has 3 atom stereocenters. The van der Waals surface area contributed by atoms with Crippen molar-refractivity contribution in [3.05, 3.63) is 63.1 Å². The van der Waals surface area contributed by atoms with Crippen LogP contribution in [0.4, 0.5) is 0 Å². The smallest absolute Gasteiger partial charge is 0.333 e. The highest BCUT2D eigenvalue weighted by Gasteiger charge is 2.32. The van der Waals surface area contributed by atoms with Crippen molar-refractivity contribution < 1.29 is 4.79 Å². The topological polar surface area (TPSA) is 90.9 Å². The molecule has 2 fully saturated rings. The lowest BCUT2D eigenvalue weighted by Crippen LogP contribution is -2.47. The first-order valence-corrected chi connectivity index (χ1v) is 12.6. The molecule has 2 heterocycles. The molecule has 2 aromatic heterocycles. The molecule has 3 aromatic rings. The number of hydrogen-bond donors (Lipinski definition) is 1. The largest absolute Gasteiger partial charge is 0.352 e. The molecule has 0 spiro atoms. The van der Waals surface area contributed by atoms with Gasteiger partial charge in [0.15, 0.2) is 11.2 Å². The second kappa shape index (κ2) is 9.60. The average molecular weight is 464 g/mol. The second-order valence-electron chi connectivity index (χ2n) is 9.83. The standard InChI is InChI=1S/C26H33N5O3/c1-2-29-17-27-24-23(29)25(33)31(26(34)30(24)15-18-8-4-3-5-9-18)16-22(32)28-21-13-12-19-10-6-7-11-20(19)14-21/h3-5,8-9,17,19-21H,2,6-7,10-16H2,1H3,(H,28,32)/t19-,20+,21+/m0/s1. The van der Waals surface area contributed by atoms with Gasteiger partial charge in [-0.05, 0) is 43.6 Å². The van der Waals surface area contributed by atoms with Crippen molar-refractivity contribution >= 4 is 17.1 Å². The minimum Gasteiger partial charge on any atom is -0.352 e. The number of hydrogen-bond acceptors (Lipinski definition) is 4. The van der Waals surface area contributed by atoms with E-state index in [0.717, 1.165) is 35.3 Å². The minimum atomic E-state index is -0.506. The van der Waals surface area contributed by atoms with E-state index in [0.29, 0.717) is 23.6 Å². The van der Waals surface area contributed by atoms with Crippen LogP contribution >= 0.6 is 0 Å². The van der Waals surface area contributed by atoms with E-state index in [1.807, 2.05) is 37.3 Å². The van der Waals surface area contributed by atoms with Crippen LogP contribution in [-0.2, 0) is 24.4 Å². The zero-order valence-electron chi connectivity index (χ0n) is 19.8. The third-order valence-electron chi connectivity index (χ3n) is 7.71. The van der Waals surface area contributed by atoms with E-state index in [-0.39, 0.29) is 25.0 Å². The average Bonchev–Trinajstić information content (AvgIpc) is 3.29. The van der Waals surface area contributed by atoms with Gasteiger partial charge in [0.2, 0.25) is 5.91 Å². The first-order chi connectivity index (χ1) is 16.5. The van der Waals surface area contributed by atoms with Crippen molar-refractivity contribution in [2.45, 2.75) is 77.5 Å². The summed E-state index contributed by atoms with van der Waals surface area (Å²) in [6.07, 6.45) is 9.88. The lowest BCUT2D eigenvalue weighted by molar-refractivity contribution is -0.123. The normalized spacial score (nSPS) is 22.4. The number of nitrogens with one attached hydrogen (secondary N) is 1. The van der Waals surface area contributed by atoms with Crippen LogP contribution < -0.4 is 16.6 Å². The van der Waals surface area contributed by atoms with Gasteiger partial charge in [-0.3, -0.25) is 14.2 Å². The zero-order valence-corrected chi connectivity index (χ0v) is 19.8. The maximum Gasteiger partial charge on any atom is 0.333 e. The summed E-state index contributed by atoms with van der Waals surface area (Å²) in [4.78, 5) is 44.1. The predicted octanol–water partition coefficient (Wildman–Crippen LogP) is 2.90. The lowest BCUT2D eigenvalue weighted by Gasteiger charge is -2.39. The van der Waals surface area contributed by atoms with Gasteiger partial charge >= 0.3 is 5.69 Å². The molecule has 34 heavy (non-hydrogen) atoms. The fourth-order valence-electron chi connectivity index (χ4n) is 5.95. The fourth-order valence-corrected chi connectivity index (χ4v) is 5.95. The molecule has 0 bridgehead atoms. The maximum absolute atomic E-state index is 13.4. The van der Waals surface area contributed by atoms with Crippen LogP contribution in [0.25, 0.3) is 11.2 Å². The molecule has 2 aliphatic carbocycles. The highest BCUT2D eigenvalue weighted by Crippen LogP contribution is 2.40. The Morgan fingerprint density at radius 3 is 2.56 bits per heavy atom. The van der Waals surface area contributed by atoms with Gasteiger partial charge in [-0.15, -0.1) is 0 Å². The number of nitrogens with zero attached hydrogens (tertiary/aromatic N) is 4. The molecular weight excluding hydrogens is 430 g/mol. The number of carbonyl (C=O) groups excluding carboxylic acids is 1. The number of rotatable bonds is 6. The highest BCUT2D eigenvalue weighted by molar-refractivity contribution is 5.77. The highest BCUT2D eigenvalue weighted by atomic mass is 16.2. The van der Waals surface area contributed by atoms with Crippen molar-refractivity contribution in [1.82, 2.24) is 24.0 Å². The van der Waals surface area contributed by atoms with Gasteiger partial charge in [0.25, 0.3) is 5.56 Å². The molecule has 1 amide bonds. The number of imidazole rings is 1. The van der Waals surface area contributed by atoms with Crippen LogP contribution in [0.3, 0.4) is 0 Å². The van der Waals surface area contributed by atoms with E-state index in [1.54, 1.807) is 10.9 Å². The SMILES string of the molecule is CCn1cnc2c1c(=O)n(CC(=O)N[C@@H]1CC[C@@H]3CCCC[C@@H]3C1)c(=O)n2Cc1ccccc1. The first-order valence-electron chi connectivity index (χ1n) is 12.6. The lowest BCUT2D eigenvalue weighted by atomic mass is 9.69. The fraction of sp³-hybridized carbons (Fsp3) is 0.538. The summed E-state index contributed by atoms with van der Waals surface area (Å²) in [6.45, 7) is 2.48. The van der Waals surface area contributed by atoms with E-state index < -0.39 is 11.2 Å². The summed E-state index contributed by atoms with van der Waals surface area (Å²) in [6, 6.07) is 9.72. The van der Waals surface area contributed by atoms with E-state index in [9.17, 15) is 14.4 Å². The van der Waals surface area contributed by atoms with Gasteiger partial charge in [-0.1, -0.05) is 56.0 Å². The van der Waals surface area contributed by atoms with Crippen molar-refractivity contribution in [2.24, 2.45) is 11.8 Å². The molecule has 0 aliphatic heterocycles. The number of amides is 1. The van der Waals surface area contributed by atoms with Gasteiger partial charge < -0.3 is 9.88 Å². The minimum absolute atomic E-state index is 0.124. The third-order valence-corrected chi connectivity index (χ3v) is 7.71. The van der Waals surface area contributed by atoms with Crippen molar-refractivity contribution in [3.63, 3.8) is 0 Å². The van der Waals surface area contributed by atoms with Crippen LogP contribution in [0.15, 0.2) is 46.2 Å². The summed E-state index contributed by atoms with van der Waals surface area (Å²) in [5, 5.41) is 3.13. The Balaban J connectivity index is 1.42. The third kappa shape index (κ3) is 4.33. The second-order valence-corrected chi connectivity index (χ2v) is 9.83. The summed E-state index contributed by atoms with van der Waals surface area (Å²) >= 11 is 0. The molecule has 1 aromatic carbocycles. The van der Waals surface area contributed by atoms with Gasteiger partial charge in [0.05, 0.1) is 12.9 Å². The van der Waals surface area contributed by atoms with E-state index in [4.69, 9.17) is 0 Å². The molecule has 1 N–H and O–H groups in total. The van der Waals surface area contributed by atoms with Crippen molar-refractivity contribution in [2.75, 3.05) is 0 Å². The Hall–Kier alpha value is -3.16. The molecule has 2 aliphatic rings. The monoisotopic (exact) mass is 463 g/mol. The predicted molar refractivity (Wildman–Crippen MR) is 131 cm³/mol. The molecular formula is C26H33N5O3. The molecule has 8 heteroatoms. The molecule has 180 valence electrons. The molecule has 0 radical (unpaired) electrons. The van der Waals surface area contributed by atoms with E-state index in [1.165, 1.54) is 30.3 Å². The Bertz CT molecular complexity index is 1290. The van der Waals surface area contributed by atoms with Crippen molar-refractivity contribution in [3.8, 4) is 0 Å². The summed E-state index contributed by atoms with van der Waals surface area (Å²) in [7, 11) is 0. The van der Waals surface area contributed by atoms with Crippen molar-refractivity contribution in [1.29, 1.82) is 0 Å². The van der Waals surface area contributed by atoms with Gasteiger partial charge in [0, 0.05) is 12.6 Å². The Morgan fingerprint density at radius 1 is 1.03 bits per heavy atom. The number of fused-ring (bicyclic) bond motifs is 2. The maximum atomic E-state index is 13.4. The first kappa shape index (κ1) is 22.6. The van der Waals surface area contributed by atoms with Gasteiger partial charge in [-0.25, -0.2) is 14.3 Å². The Labute approximate surface area is 198 Å². The quantitative estimate of drug-likeness (QED) is 0.609. The van der Waals surface area contributed by atoms with Crippen LogP contribution in [0.2, 0.25) is 0 Å². The number of carbonyl (C=O) groups is 1. The van der Waals surface area contributed by atoms with Gasteiger partial charge in [-0.2, -0.15) is 0 Å². The number of aryl methyl sites for hydroxylation is 1. The van der Waals surface area contributed by atoms with Crippen LogP contribution in [0.5, 0.6) is 0 Å². The Kier molecular flexibility index (Phi) is 6.39. The van der Waals surface area contributed by atoms with E-state index >= 15 is 0 Å². The van der Waals surface area contributed by atoms with Crippen LogP contribution in [0, 0.1) is 11.8 Å². The summed E-state index contributed by atoms with van der Waals surface area (Å²) < 4.78 is 4.30. The molecule has 2 saturated carbocycles. The molecule has 0 unspecified atom stereocenters. The molecule has 8 nitrogen and oxygen atoms in total. The summed E-state index contributed by atoms with van der Waals surface area (Å²) in [5.41, 5.74) is 0.668. The number of aromatic nitrogens is 4. The summed E-state index contributed by atoms with van der Waals surface area (Å²) in [5.74, 6) is 1.21. The van der Waals surface area contributed by atoms with Crippen LogP contribution in [-0.4, -0.2) is 30.6 Å². The van der Waals surface area contributed by atoms with Gasteiger partial charge in [0.1, 0.15) is 6.54 Å². The number of benzene rings is 1. The molecule has 0 saturated heterocycles. The van der Waals surface area contributed by atoms with E-state index in [2.05, 4.69) is 10.3 Å². The molecule has 5 rings (SSSR count).